The van der Waals surface area contributed by atoms with E-state index in [4.69, 9.17) is 27.9 Å². The van der Waals surface area contributed by atoms with Crippen molar-refractivity contribution in [1.82, 2.24) is 5.32 Å². The maximum Gasteiger partial charge on any atom is 0.134 e. The molecule has 0 bridgehead atoms. The molecule has 0 aliphatic carbocycles. The monoisotopic (exact) mass is 299 g/mol. The zero-order valence-corrected chi connectivity index (χ0v) is 11.7. The van der Waals surface area contributed by atoms with E-state index in [1.54, 1.807) is 37.4 Å². The molecule has 0 atom stereocenters. The molecule has 19 heavy (non-hydrogen) atoms. The van der Waals surface area contributed by atoms with Gasteiger partial charge in [-0.1, -0.05) is 29.3 Å². The third kappa shape index (κ3) is 3.60. The number of hydrogen-bond donors (Lipinski definition) is 1. The van der Waals surface area contributed by atoms with Crippen LogP contribution in [0.25, 0.3) is 0 Å². The van der Waals surface area contributed by atoms with Gasteiger partial charge in [0.25, 0.3) is 0 Å². The second-order valence-electron chi connectivity index (χ2n) is 3.95. The lowest BCUT2D eigenvalue weighted by Crippen LogP contribution is -2.08. The fourth-order valence-corrected chi connectivity index (χ4v) is 2.20. The van der Waals surface area contributed by atoms with Crippen molar-refractivity contribution in [3.63, 3.8) is 0 Å². The fraction of sp³-hybridized carbons (Fsp3) is 0.143. The molecule has 0 spiro atoms. The summed E-state index contributed by atoms with van der Waals surface area (Å²) in [7, 11) is 1.74. The Bertz CT molecular complexity index is 569. The highest BCUT2D eigenvalue weighted by molar-refractivity contribution is 6.34. The van der Waals surface area contributed by atoms with Gasteiger partial charge in [-0.2, -0.15) is 0 Å². The Morgan fingerprint density at radius 3 is 2.47 bits per heavy atom. The highest BCUT2D eigenvalue weighted by atomic mass is 35.5. The number of hydrogen-bond acceptors (Lipinski definition) is 2. The molecule has 100 valence electrons. The van der Waals surface area contributed by atoms with E-state index in [-0.39, 0.29) is 5.82 Å². The van der Waals surface area contributed by atoms with Crippen molar-refractivity contribution in [3.8, 4) is 11.5 Å². The Kier molecular flexibility index (Phi) is 4.64. The predicted molar refractivity (Wildman–Crippen MR) is 75.7 cm³/mol. The Morgan fingerprint density at radius 2 is 1.84 bits per heavy atom. The topological polar surface area (TPSA) is 21.3 Å². The van der Waals surface area contributed by atoms with Gasteiger partial charge in [0.1, 0.15) is 17.3 Å². The van der Waals surface area contributed by atoms with Gasteiger partial charge in [0.2, 0.25) is 0 Å². The smallest absolute Gasteiger partial charge is 0.134 e. The van der Waals surface area contributed by atoms with Gasteiger partial charge in [0.15, 0.2) is 0 Å². The second-order valence-corrected chi connectivity index (χ2v) is 4.83. The minimum atomic E-state index is -0.319. The molecule has 0 unspecified atom stereocenters. The molecule has 2 aromatic rings. The molecule has 0 aliphatic rings. The number of ether oxygens (including phenoxy) is 1. The summed E-state index contributed by atoms with van der Waals surface area (Å²) in [5, 5.41) is 3.84. The normalized spacial score (nSPS) is 10.5. The van der Waals surface area contributed by atoms with Gasteiger partial charge in [-0.25, -0.2) is 4.39 Å². The molecule has 2 rings (SSSR count). The van der Waals surface area contributed by atoms with E-state index in [1.165, 1.54) is 6.07 Å². The highest BCUT2D eigenvalue weighted by Gasteiger charge is 2.10. The van der Waals surface area contributed by atoms with Gasteiger partial charge in [-0.05, 0) is 37.4 Å². The summed E-state index contributed by atoms with van der Waals surface area (Å²) in [4.78, 5) is 0. The van der Waals surface area contributed by atoms with E-state index in [2.05, 4.69) is 5.32 Å². The Morgan fingerprint density at radius 1 is 1.16 bits per heavy atom. The second kappa shape index (κ2) is 6.24. The quantitative estimate of drug-likeness (QED) is 0.888. The maximum absolute atomic E-state index is 13.7. The lowest BCUT2D eigenvalue weighted by atomic mass is 10.2. The molecule has 0 aromatic heterocycles. The molecule has 0 aliphatic heterocycles. The van der Waals surface area contributed by atoms with Crippen molar-refractivity contribution in [3.05, 3.63) is 57.8 Å². The SMILES string of the molecule is CNCc1c(F)cccc1Oc1cc(Cl)cc(Cl)c1. The number of halogens is 3. The molecule has 2 aromatic carbocycles. The van der Waals surface area contributed by atoms with Crippen LogP contribution >= 0.6 is 23.2 Å². The number of nitrogens with one attached hydrogen (secondary N) is 1. The molecule has 5 heteroatoms. The first-order valence-corrected chi connectivity index (χ1v) is 6.41. The molecule has 0 radical (unpaired) electrons. The van der Waals surface area contributed by atoms with Crippen LogP contribution in [0.3, 0.4) is 0 Å². The van der Waals surface area contributed by atoms with Gasteiger partial charge in [0.05, 0.1) is 0 Å². The Labute approximate surface area is 121 Å². The summed E-state index contributed by atoms with van der Waals surface area (Å²) in [6.45, 7) is 0.371. The summed E-state index contributed by atoms with van der Waals surface area (Å²) >= 11 is 11.8. The zero-order valence-electron chi connectivity index (χ0n) is 10.2. The van der Waals surface area contributed by atoms with Crippen molar-refractivity contribution < 1.29 is 9.13 Å². The molecule has 0 saturated carbocycles. The van der Waals surface area contributed by atoms with E-state index >= 15 is 0 Å². The van der Waals surface area contributed by atoms with Crippen molar-refractivity contribution in [2.45, 2.75) is 6.54 Å². The third-order valence-electron chi connectivity index (χ3n) is 2.49. The van der Waals surface area contributed by atoms with Gasteiger partial charge < -0.3 is 10.1 Å². The molecular formula is C14H12Cl2FNO. The van der Waals surface area contributed by atoms with E-state index in [0.29, 0.717) is 33.7 Å². The summed E-state index contributed by atoms with van der Waals surface area (Å²) in [6.07, 6.45) is 0. The van der Waals surface area contributed by atoms with Crippen LogP contribution < -0.4 is 10.1 Å². The Balaban J connectivity index is 2.34. The van der Waals surface area contributed by atoms with E-state index < -0.39 is 0 Å². The maximum atomic E-state index is 13.7. The summed E-state index contributed by atoms with van der Waals surface area (Å²) in [6, 6.07) is 9.55. The fourth-order valence-electron chi connectivity index (χ4n) is 1.70. The average Bonchev–Trinajstić information content (AvgIpc) is 2.32. The summed E-state index contributed by atoms with van der Waals surface area (Å²) in [5.41, 5.74) is 0.459. The van der Waals surface area contributed by atoms with Crippen LogP contribution in [0.2, 0.25) is 10.0 Å². The molecule has 0 fully saturated rings. The van der Waals surface area contributed by atoms with Crippen LogP contribution in [0.4, 0.5) is 4.39 Å². The van der Waals surface area contributed by atoms with Crippen LogP contribution in [0.15, 0.2) is 36.4 Å². The van der Waals surface area contributed by atoms with E-state index in [1.807, 2.05) is 0 Å². The Hall–Kier alpha value is -1.29. The largest absolute Gasteiger partial charge is 0.457 e. The average molecular weight is 300 g/mol. The van der Waals surface area contributed by atoms with Crippen LogP contribution in [-0.4, -0.2) is 7.05 Å². The lowest BCUT2D eigenvalue weighted by molar-refractivity contribution is 0.464. The van der Waals surface area contributed by atoms with Crippen molar-refractivity contribution in [2.75, 3.05) is 7.05 Å². The molecule has 0 saturated heterocycles. The van der Waals surface area contributed by atoms with Crippen LogP contribution in [0, 0.1) is 5.82 Å². The van der Waals surface area contributed by atoms with E-state index in [0.717, 1.165) is 0 Å². The first-order valence-electron chi connectivity index (χ1n) is 5.66. The van der Waals surface area contributed by atoms with Gasteiger partial charge >= 0.3 is 0 Å². The van der Waals surface area contributed by atoms with Crippen LogP contribution in [0.5, 0.6) is 11.5 Å². The minimum Gasteiger partial charge on any atom is -0.457 e. The van der Waals surface area contributed by atoms with Gasteiger partial charge in [-0.3, -0.25) is 0 Å². The number of benzene rings is 2. The number of rotatable bonds is 4. The summed E-state index contributed by atoms with van der Waals surface area (Å²) in [5.74, 6) is 0.591. The predicted octanol–water partition coefficient (Wildman–Crippen LogP) is 4.64. The molecule has 0 amide bonds. The van der Waals surface area contributed by atoms with Gasteiger partial charge in [-0.15, -0.1) is 0 Å². The van der Waals surface area contributed by atoms with Crippen LogP contribution in [-0.2, 0) is 6.54 Å². The lowest BCUT2D eigenvalue weighted by Gasteiger charge is -2.12. The summed E-state index contributed by atoms with van der Waals surface area (Å²) < 4.78 is 19.4. The van der Waals surface area contributed by atoms with Crippen LogP contribution in [0.1, 0.15) is 5.56 Å². The molecular weight excluding hydrogens is 288 g/mol. The minimum absolute atomic E-state index is 0.319. The zero-order chi connectivity index (χ0) is 13.8. The molecule has 0 heterocycles. The third-order valence-corrected chi connectivity index (χ3v) is 2.93. The first kappa shape index (κ1) is 14.1. The molecule has 2 nitrogen and oxygen atoms in total. The highest BCUT2D eigenvalue weighted by Crippen LogP contribution is 2.31. The first-order chi connectivity index (χ1) is 9.10. The molecule has 1 N–H and O–H groups in total. The van der Waals surface area contributed by atoms with Crippen molar-refractivity contribution >= 4 is 23.2 Å². The van der Waals surface area contributed by atoms with E-state index in [9.17, 15) is 4.39 Å². The standard InChI is InChI=1S/C14H12Cl2FNO/c1-18-8-12-13(17)3-2-4-14(12)19-11-6-9(15)5-10(16)7-11/h2-7,18H,8H2,1H3. The van der Waals surface area contributed by atoms with Crippen molar-refractivity contribution in [2.24, 2.45) is 0 Å². The van der Waals surface area contributed by atoms with Crippen molar-refractivity contribution in [1.29, 1.82) is 0 Å². The van der Waals surface area contributed by atoms with Gasteiger partial charge in [0, 0.05) is 22.2 Å².